The number of nitrogens with one attached hydrogen (secondary N) is 5. The van der Waals surface area contributed by atoms with E-state index in [9.17, 15) is 14.4 Å². The molecule has 0 radical (unpaired) electrons. The third-order valence-electron chi connectivity index (χ3n) is 8.33. The Hall–Kier alpha value is -3.77. The number of aromatic amines is 1. The Balaban J connectivity index is 0.00000100. The van der Waals surface area contributed by atoms with E-state index in [1.54, 1.807) is 0 Å². The Kier molecular flexibility index (Phi) is 35.7. The van der Waals surface area contributed by atoms with Crippen molar-refractivity contribution in [3.05, 3.63) is 40.7 Å². The van der Waals surface area contributed by atoms with Crippen molar-refractivity contribution in [3.63, 3.8) is 0 Å². The summed E-state index contributed by atoms with van der Waals surface area (Å²) >= 11 is 0. The second-order valence-corrected chi connectivity index (χ2v) is 13.3. The van der Waals surface area contributed by atoms with Gasteiger partial charge in [-0.25, -0.2) is 14.4 Å². The fraction of sp³-hybridized carbons (Fsp3) is 0.769. The van der Waals surface area contributed by atoms with Gasteiger partial charge in [0.15, 0.2) is 5.82 Å². The van der Waals surface area contributed by atoms with Gasteiger partial charge in [0.2, 0.25) is 0 Å². The van der Waals surface area contributed by atoms with Crippen LogP contribution in [-0.2, 0) is 6.42 Å². The maximum atomic E-state index is 11.5. The summed E-state index contributed by atoms with van der Waals surface area (Å²) < 4.78 is 4.46. The molecule has 8 N–H and O–H groups in total. The number of unbranched alkanes of at least 4 members (excludes halogenated alkanes) is 16. The van der Waals surface area contributed by atoms with Crippen LogP contribution in [0.25, 0.3) is 0 Å². The summed E-state index contributed by atoms with van der Waals surface area (Å²) in [5.74, 6) is 0.489. The summed E-state index contributed by atoms with van der Waals surface area (Å²) in [5.41, 5.74) is 5.41. The maximum Gasteiger partial charge on any atom is 0.438 e. The van der Waals surface area contributed by atoms with Crippen LogP contribution in [0.3, 0.4) is 0 Å². The van der Waals surface area contributed by atoms with Crippen molar-refractivity contribution in [3.8, 4) is 0 Å². The summed E-state index contributed by atoms with van der Waals surface area (Å²) in [6.45, 7) is 7.33. The summed E-state index contributed by atoms with van der Waals surface area (Å²) in [4.78, 5) is 36.3. The van der Waals surface area contributed by atoms with Gasteiger partial charge in [-0.1, -0.05) is 99.8 Å². The highest BCUT2D eigenvalue weighted by molar-refractivity contribution is 5.79. The summed E-state index contributed by atoms with van der Waals surface area (Å²) in [6.07, 6.45) is 34.8. The van der Waals surface area contributed by atoms with Crippen LogP contribution in [0.5, 0.6) is 0 Å². The lowest BCUT2D eigenvalue weighted by molar-refractivity contribution is 0.239. The molecule has 0 aliphatic heterocycles. The SMILES string of the molecule is CCCCCNC(=O)NCCCC/C=C\CCCCCC/C(N)=N/O.CCCCCNC(=O)NCCCC/C=C\CCCCCCc1noc(=O)[nH]1. The van der Waals surface area contributed by atoms with Gasteiger partial charge in [-0.3, -0.25) is 9.51 Å². The molecular formula is C39H74N8O5. The lowest BCUT2D eigenvalue weighted by atomic mass is 10.1. The fourth-order valence-corrected chi connectivity index (χ4v) is 5.18. The molecule has 52 heavy (non-hydrogen) atoms. The van der Waals surface area contributed by atoms with E-state index in [0.29, 0.717) is 18.1 Å². The monoisotopic (exact) mass is 735 g/mol. The standard InChI is InChI=1S/C20H36N4O3.C19H38N4O2/c1-2-3-13-16-21-19(25)22-17-14-11-9-7-5-4-6-8-10-12-15-18-23-20(26)27-24-18;1-2-3-13-16-21-19(24)22-17-14-11-9-7-5-4-6-8-10-12-15-18(20)23-25/h5,7H,2-4,6,8-17H2,1H3,(H2,21,22,25)(H,23,24,26);5,7,25H,2-4,6,8-17H2,1H3,(H2,20,23)(H2,21,22,24)/b2*7-5-. The number of aromatic nitrogens is 2. The second kappa shape index (κ2) is 38.5. The van der Waals surface area contributed by atoms with Gasteiger partial charge in [0.25, 0.3) is 0 Å². The van der Waals surface area contributed by atoms with Crippen molar-refractivity contribution in [2.45, 2.75) is 168 Å². The summed E-state index contributed by atoms with van der Waals surface area (Å²) in [6, 6.07) is -0.0878. The zero-order chi connectivity index (χ0) is 38.2. The lowest BCUT2D eigenvalue weighted by Gasteiger charge is -2.06. The minimum Gasteiger partial charge on any atom is -0.409 e. The van der Waals surface area contributed by atoms with Crippen LogP contribution in [0.2, 0.25) is 0 Å². The number of allylic oxidation sites excluding steroid dienone is 4. The van der Waals surface area contributed by atoms with E-state index in [1.807, 2.05) is 0 Å². The number of carbonyl (C=O) groups is 2. The molecule has 300 valence electrons. The number of hydrogen-bond acceptors (Lipinski definition) is 7. The molecule has 0 unspecified atom stereocenters. The first-order chi connectivity index (χ1) is 25.4. The third kappa shape index (κ3) is 36.0. The number of amidine groups is 1. The average Bonchev–Trinajstić information content (AvgIpc) is 3.57. The molecule has 0 saturated carbocycles. The topological polar surface area (TPSA) is 200 Å². The van der Waals surface area contributed by atoms with Gasteiger partial charge in [-0.15, -0.1) is 0 Å². The first-order valence-corrected chi connectivity index (χ1v) is 20.3. The van der Waals surface area contributed by atoms with Gasteiger partial charge in [0.05, 0.1) is 0 Å². The van der Waals surface area contributed by atoms with Gasteiger partial charge in [-0.2, -0.15) is 0 Å². The highest BCUT2D eigenvalue weighted by atomic mass is 16.5. The van der Waals surface area contributed by atoms with Crippen molar-refractivity contribution in [1.29, 1.82) is 0 Å². The van der Waals surface area contributed by atoms with Crippen molar-refractivity contribution in [2.75, 3.05) is 26.2 Å². The second-order valence-electron chi connectivity index (χ2n) is 13.3. The molecule has 0 bridgehead atoms. The van der Waals surface area contributed by atoms with Gasteiger partial charge < -0.3 is 32.2 Å². The van der Waals surface area contributed by atoms with E-state index in [2.05, 4.69) is 79.2 Å². The number of aryl methyl sites for hydroxylation is 1. The predicted octanol–water partition coefficient (Wildman–Crippen LogP) is 8.36. The van der Waals surface area contributed by atoms with Crippen LogP contribution < -0.4 is 32.8 Å². The fourth-order valence-electron chi connectivity index (χ4n) is 5.18. The summed E-state index contributed by atoms with van der Waals surface area (Å²) in [7, 11) is 0. The average molecular weight is 735 g/mol. The van der Waals surface area contributed by atoms with E-state index in [-0.39, 0.29) is 12.1 Å². The van der Waals surface area contributed by atoms with Crippen LogP contribution in [0.4, 0.5) is 9.59 Å². The van der Waals surface area contributed by atoms with Crippen molar-refractivity contribution in [2.24, 2.45) is 10.9 Å². The largest absolute Gasteiger partial charge is 0.438 e. The van der Waals surface area contributed by atoms with Crippen molar-refractivity contribution in [1.82, 2.24) is 31.4 Å². The van der Waals surface area contributed by atoms with Crippen LogP contribution in [0.15, 0.2) is 38.8 Å². The third-order valence-corrected chi connectivity index (χ3v) is 8.33. The highest BCUT2D eigenvalue weighted by Crippen LogP contribution is 2.08. The molecule has 1 aromatic rings. The Morgan fingerprint density at radius 2 is 1.06 bits per heavy atom. The van der Waals surface area contributed by atoms with E-state index >= 15 is 0 Å². The normalized spacial score (nSPS) is 11.5. The molecule has 1 heterocycles. The number of nitrogens with two attached hydrogens (primary N) is 1. The molecule has 0 aromatic carbocycles. The minimum absolute atomic E-state index is 0.0429. The predicted molar refractivity (Wildman–Crippen MR) is 213 cm³/mol. The minimum atomic E-state index is -0.475. The highest BCUT2D eigenvalue weighted by Gasteiger charge is 2.01. The van der Waals surface area contributed by atoms with E-state index in [1.165, 1.54) is 44.9 Å². The van der Waals surface area contributed by atoms with Crippen molar-refractivity contribution < 1.29 is 19.3 Å². The molecule has 1 aromatic heterocycles. The Morgan fingerprint density at radius 1 is 0.654 bits per heavy atom. The van der Waals surface area contributed by atoms with E-state index in [0.717, 1.165) is 129 Å². The maximum absolute atomic E-state index is 11.5. The molecule has 0 aliphatic carbocycles. The molecule has 0 aliphatic rings. The molecular weight excluding hydrogens is 660 g/mol. The Bertz CT molecular complexity index is 1100. The first kappa shape index (κ1) is 48.2. The zero-order valence-electron chi connectivity index (χ0n) is 32.7. The number of nitrogens with zero attached hydrogens (tertiary/aromatic N) is 2. The molecule has 4 amide bonds. The van der Waals surface area contributed by atoms with Gasteiger partial charge in [0.1, 0.15) is 5.84 Å². The van der Waals surface area contributed by atoms with Crippen LogP contribution in [-0.4, -0.2) is 59.4 Å². The smallest absolute Gasteiger partial charge is 0.409 e. The number of oxime groups is 1. The number of H-pyrrole nitrogens is 1. The van der Waals surface area contributed by atoms with Crippen LogP contribution in [0.1, 0.15) is 167 Å². The molecule has 13 nitrogen and oxygen atoms in total. The van der Waals surface area contributed by atoms with Crippen LogP contribution in [0, 0.1) is 0 Å². The van der Waals surface area contributed by atoms with Crippen molar-refractivity contribution >= 4 is 17.9 Å². The number of carbonyl (C=O) groups excluding carboxylic acids is 2. The lowest BCUT2D eigenvalue weighted by Crippen LogP contribution is -2.36. The number of rotatable bonds is 32. The van der Waals surface area contributed by atoms with Crippen LogP contribution >= 0.6 is 0 Å². The van der Waals surface area contributed by atoms with Gasteiger partial charge in [0, 0.05) is 39.0 Å². The first-order valence-electron chi connectivity index (χ1n) is 20.3. The molecule has 0 saturated heterocycles. The molecule has 1 rings (SSSR count). The van der Waals surface area contributed by atoms with Gasteiger partial charge in [-0.05, 0) is 89.9 Å². The zero-order valence-corrected chi connectivity index (χ0v) is 32.7. The Morgan fingerprint density at radius 3 is 1.46 bits per heavy atom. The van der Waals surface area contributed by atoms with E-state index in [4.69, 9.17) is 10.9 Å². The summed E-state index contributed by atoms with van der Waals surface area (Å²) in [5, 5.41) is 26.6. The molecule has 0 fully saturated rings. The quantitative estimate of drug-likeness (QED) is 0.00962. The van der Waals surface area contributed by atoms with Gasteiger partial charge >= 0.3 is 17.8 Å². The molecule has 0 spiro atoms. The molecule has 0 atom stereocenters. The number of amides is 4. The van der Waals surface area contributed by atoms with E-state index < -0.39 is 5.76 Å². The molecule has 13 heteroatoms. The Labute approximate surface area is 313 Å². The number of urea groups is 2. The number of hydrogen-bond donors (Lipinski definition) is 7.